The van der Waals surface area contributed by atoms with E-state index in [1.165, 1.54) is 12.1 Å². The van der Waals surface area contributed by atoms with Crippen molar-refractivity contribution >= 4 is 22.7 Å². The highest BCUT2D eigenvalue weighted by atomic mass is 19.4. The summed E-state index contributed by atoms with van der Waals surface area (Å²) in [4.78, 5) is 11.5. The van der Waals surface area contributed by atoms with Crippen LogP contribution in [0.5, 0.6) is 0 Å². The molecule has 2 N–H and O–H groups in total. The molecule has 1 aliphatic rings. The number of aromatic nitrogens is 3. The predicted octanol–water partition coefficient (Wildman–Crippen LogP) is 6.64. The zero-order chi connectivity index (χ0) is 27.7. The average Bonchev–Trinajstić information content (AvgIpc) is 3.19. The molecule has 0 saturated heterocycles. The number of aryl methyl sites for hydroxylation is 1. The molecule has 2 aromatic heterocycles. The third-order valence-corrected chi connectivity index (χ3v) is 7.62. The fourth-order valence-corrected chi connectivity index (χ4v) is 5.57. The van der Waals surface area contributed by atoms with Crippen LogP contribution in [-0.4, -0.2) is 40.7 Å². The predicted molar refractivity (Wildman–Crippen MR) is 151 cm³/mol. The molecule has 39 heavy (non-hydrogen) atoms. The van der Waals surface area contributed by atoms with Crippen LogP contribution in [0.2, 0.25) is 0 Å². The van der Waals surface area contributed by atoms with Crippen molar-refractivity contribution in [3.05, 3.63) is 77.1 Å². The Labute approximate surface area is 227 Å². The van der Waals surface area contributed by atoms with Crippen LogP contribution in [0.1, 0.15) is 48.2 Å². The summed E-state index contributed by atoms with van der Waals surface area (Å²) in [5.74, 6) is 1.57. The topological polar surface area (TPSA) is 58.0 Å². The molecule has 4 aromatic rings. The van der Waals surface area contributed by atoms with E-state index in [4.69, 9.17) is 9.97 Å². The van der Waals surface area contributed by atoms with E-state index < -0.39 is 11.7 Å². The van der Waals surface area contributed by atoms with Crippen LogP contribution >= 0.6 is 0 Å². The molecule has 0 aliphatic heterocycles. The van der Waals surface area contributed by atoms with Crippen molar-refractivity contribution in [1.29, 1.82) is 0 Å². The van der Waals surface area contributed by atoms with Gasteiger partial charge in [0.1, 0.15) is 5.82 Å². The first-order chi connectivity index (χ1) is 18.6. The number of hydrogen-bond acceptors (Lipinski definition) is 5. The maximum atomic E-state index is 13.2. The van der Waals surface area contributed by atoms with Crippen molar-refractivity contribution in [3.8, 4) is 5.69 Å². The number of hydrogen-bond donors (Lipinski definition) is 2. The number of alkyl halides is 3. The van der Waals surface area contributed by atoms with Crippen molar-refractivity contribution < 1.29 is 13.2 Å². The Bertz CT molecular complexity index is 1450. The van der Waals surface area contributed by atoms with Crippen molar-refractivity contribution in [2.24, 2.45) is 0 Å². The Hall–Kier alpha value is -3.59. The van der Waals surface area contributed by atoms with Gasteiger partial charge in [0, 0.05) is 55.2 Å². The highest BCUT2D eigenvalue weighted by Crippen LogP contribution is 2.32. The Kier molecular flexibility index (Phi) is 7.53. The zero-order valence-corrected chi connectivity index (χ0v) is 22.8. The van der Waals surface area contributed by atoms with Gasteiger partial charge in [-0.25, -0.2) is 4.98 Å². The lowest BCUT2D eigenvalue weighted by atomic mass is 9.91. The van der Waals surface area contributed by atoms with Gasteiger partial charge in [0.2, 0.25) is 5.95 Å². The van der Waals surface area contributed by atoms with Crippen molar-refractivity contribution in [1.82, 2.24) is 19.9 Å². The van der Waals surface area contributed by atoms with Gasteiger partial charge in [0.15, 0.2) is 0 Å². The summed E-state index contributed by atoms with van der Waals surface area (Å²) in [7, 11) is 3.99. The second-order valence-corrected chi connectivity index (χ2v) is 10.6. The molecule has 0 radical (unpaired) electrons. The molecule has 0 bridgehead atoms. The van der Waals surface area contributed by atoms with Crippen molar-refractivity contribution in [2.45, 2.75) is 64.3 Å². The Morgan fingerprint density at radius 1 is 0.923 bits per heavy atom. The van der Waals surface area contributed by atoms with Gasteiger partial charge < -0.3 is 20.1 Å². The van der Waals surface area contributed by atoms with Crippen LogP contribution in [0.3, 0.4) is 0 Å². The molecular formula is C30H35F3N6. The average molecular weight is 537 g/mol. The van der Waals surface area contributed by atoms with Gasteiger partial charge in [-0.3, -0.25) is 0 Å². The Balaban J connectivity index is 1.20. The summed E-state index contributed by atoms with van der Waals surface area (Å²) in [5.41, 5.74) is 3.81. The highest BCUT2D eigenvalue weighted by Gasteiger charge is 2.31. The van der Waals surface area contributed by atoms with Crippen LogP contribution in [0, 0.1) is 13.8 Å². The molecule has 206 valence electrons. The number of nitrogens with one attached hydrogen (secondary N) is 2. The molecule has 0 spiro atoms. The molecular weight excluding hydrogens is 501 g/mol. The molecule has 0 amide bonds. The van der Waals surface area contributed by atoms with Crippen LogP contribution in [0.25, 0.3) is 16.6 Å². The first-order valence-electron chi connectivity index (χ1n) is 13.4. The number of rotatable bonds is 7. The lowest BCUT2D eigenvalue weighted by molar-refractivity contribution is -0.137. The number of halogens is 3. The third-order valence-electron chi connectivity index (χ3n) is 7.62. The Morgan fingerprint density at radius 2 is 1.64 bits per heavy atom. The second-order valence-electron chi connectivity index (χ2n) is 10.6. The standard InChI is InChI=1S/C30H35F3N6/c1-19-16-21(20(2)39(19)25-9-7-8-22(17-25)30(31,32)33)18-34-23-12-14-24(15-13-23)35-29-36-27-11-6-5-10-26(27)28(37-29)38(3)4/h5-11,16-17,23-24,34H,12-15,18H2,1-4H3,(H,35,36,37)/t23-,24+. The Morgan fingerprint density at radius 3 is 2.36 bits per heavy atom. The van der Waals surface area contributed by atoms with E-state index in [9.17, 15) is 13.2 Å². The van der Waals surface area contributed by atoms with Gasteiger partial charge in [-0.1, -0.05) is 18.2 Å². The summed E-state index contributed by atoms with van der Waals surface area (Å²) < 4.78 is 41.6. The van der Waals surface area contributed by atoms with E-state index in [1.54, 1.807) is 6.07 Å². The number of anilines is 2. The second kappa shape index (κ2) is 10.9. The van der Waals surface area contributed by atoms with Gasteiger partial charge in [-0.2, -0.15) is 18.2 Å². The van der Waals surface area contributed by atoms with Crippen LogP contribution in [-0.2, 0) is 12.7 Å². The molecule has 0 unspecified atom stereocenters. The first-order valence-corrected chi connectivity index (χ1v) is 13.4. The minimum absolute atomic E-state index is 0.310. The molecule has 9 heteroatoms. The van der Waals surface area contributed by atoms with Gasteiger partial charge in [-0.05, 0) is 81.5 Å². The zero-order valence-electron chi connectivity index (χ0n) is 22.8. The largest absolute Gasteiger partial charge is 0.416 e. The number of nitrogens with zero attached hydrogens (tertiary/aromatic N) is 4. The van der Waals surface area contributed by atoms with E-state index in [0.29, 0.717) is 30.3 Å². The van der Waals surface area contributed by atoms with E-state index in [1.807, 2.05) is 61.7 Å². The van der Waals surface area contributed by atoms with Gasteiger partial charge in [0.05, 0.1) is 11.1 Å². The lowest BCUT2D eigenvalue weighted by Crippen LogP contribution is -2.37. The third kappa shape index (κ3) is 5.88. The van der Waals surface area contributed by atoms with Crippen molar-refractivity contribution in [2.75, 3.05) is 24.3 Å². The van der Waals surface area contributed by atoms with E-state index in [0.717, 1.165) is 65.4 Å². The quantitative estimate of drug-likeness (QED) is 0.278. The lowest BCUT2D eigenvalue weighted by Gasteiger charge is -2.30. The summed E-state index contributed by atoms with van der Waals surface area (Å²) in [6.45, 7) is 4.59. The molecule has 1 saturated carbocycles. The van der Waals surface area contributed by atoms with E-state index in [2.05, 4.69) is 16.7 Å². The molecule has 1 aliphatic carbocycles. The summed E-state index contributed by atoms with van der Waals surface area (Å²) in [6, 6.07) is 16.3. The van der Waals surface area contributed by atoms with Gasteiger partial charge in [-0.15, -0.1) is 0 Å². The monoisotopic (exact) mass is 536 g/mol. The number of benzene rings is 2. The molecule has 6 nitrogen and oxygen atoms in total. The SMILES string of the molecule is Cc1cc(CN[C@H]2CC[C@@H](Nc3nc(N(C)C)c4ccccc4n3)CC2)c(C)n1-c1cccc(C(F)(F)F)c1. The van der Waals surface area contributed by atoms with Crippen LogP contribution < -0.4 is 15.5 Å². The van der Waals surface area contributed by atoms with Crippen molar-refractivity contribution in [3.63, 3.8) is 0 Å². The minimum atomic E-state index is -4.36. The van der Waals surface area contributed by atoms with E-state index >= 15 is 0 Å². The minimum Gasteiger partial charge on any atom is -0.362 e. The highest BCUT2D eigenvalue weighted by molar-refractivity contribution is 5.90. The van der Waals surface area contributed by atoms with Crippen LogP contribution in [0.15, 0.2) is 54.6 Å². The smallest absolute Gasteiger partial charge is 0.362 e. The summed E-state index contributed by atoms with van der Waals surface area (Å²) in [6.07, 6.45) is -0.294. The van der Waals surface area contributed by atoms with Gasteiger partial charge >= 0.3 is 6.18 Å². The maximum Gasteiger partial charge on any atom is 0.416 e. The molecule has 2 aromatic carbocycles. The number of fused-ring (bicyclic) bond motifs is 1. The molecule has 5 rings (SSSR count). The fraction of sp³-hybridized carbons (Fsp3) is 0.400. The number of para-hydroxylation sites is 1. The van der Waals surface area contributed by atoms with Gasteiger partial charge in [0.25, 0.3) is 0 Å². The molecule has 1 fully saturated rings. The first kappa shape index (κ1) is 27.0. The van der Waals surface area contributed by atoms with Crippen LogP contribution in [0.4, 0.5) is 24.9 Å². The maximum absolute atomic E-state index is 13.2. The molecule has 0 atom stereocenters. The normalized spacial score (nSPS) is 17.9. The molecule has 2 heterocycles. The summed E-state index contributed by atoms with van der Waals surface area (Å²) in [5, 5.41) is 8.27. The fourth-order valence-electron chi connectivity index (χ4n) is 5.57. The van der Waals surface area contributed by atoms with E-state index in [-0.39, 0.29) is 0 Å². The summed E-state index contributed by atoms with van der Waals surface area (Å²) >= 11 is 0.